The molecule has 0 amide bonds. The average molecular weight is 251 g/mol. The molecular weight excluding hydrogens is 239 g/mol. The molecule has 2 rings (SSSR count). The van der Waals surface area contributed by atoms with Crippen LogP contribution in [-0.4, -0.2) is 11.7 Å². The Bertz CT molecular complexity index is 525. The van der Waals surface area contributed by atoms with E-state index in [2.05, 4.69) is 0 Å². The molecule has 0 saturated carbocycles. The van der Waals surface area contributed by atoms with Crippen LogP contribution < -0.4 is 0 Å². The number of rotatable bonds is 3. The Balaban J connectivity index is 2.42. The second-order valence-electron chi connectivity index (χ2n) is 3.79. The lowest BCUT2D eigenvalue weighted by Gasteiger charge is -2.07. The van der Waals surface area contributed by atoms with Crippen LogP contribution in [0, 0.1) is 5.82 Å². The van der Waals surface area contributed by atoms with Gasteiger partial charge in [-0.1, -0.05) is 29.8 Å². The van der Waals surface area contributed by atoms with Gasteiger partial charge in [-0.05, 0) is 47.4 Å². The topological polar surface area (TPSA) is 20.2 Å². The molecule has 0 aliphatic carbocycles. The summed E-state index contributed by atoms with van der Waals surface area (Å²) in [5.74, 6) is -0.263. The third kappa shape index (κ3) is 2.84. The van der Waals surface area contributed by atoms with Crippen LogP contribution in [-0.2, 0) is 6.42 Å². The normalized spacial score (nSPS) is 10.5. The lowest BCUT2D eigenvalue weighted by molar-refractivity contribution is 0.299. The average Bonchev–Trinajstić information content (AvgIpc) is 2.32. The summed E-state index contributed by atoms with van der Waals surface area (Å²) in [6.07, 6.45) is 0.502. The third-order valence-electron chi connectivity index (χ3n) is 2.58. The Hall–Kier alpha value is -1.38. The van der Waals surface area contributed by atoms with Gasteiger partial charge in [-0.25, -0.2) is 4.39 Å². The maximum absolute atomic E-state index is 13.1. The minimum absolute atomic E-state index is 0.0479. The molecule has 3 heteroatoms. The first-order valence-electron chi connectivity index (χ1n) is 5.36. The van der Waals surface area contributed by atoms with Gasteiger partial charge in [-0.2, -0.15) is 0 Å². The minimum Gasteiger partial charge on any atom is -0.396 e. The lowest BCUT2D eigenvalue weighted by atomic mass is 10.0. The van der Waals surface area contributed by atoms with Crippen LogP contribution in [0.1, 0.15) is 5.56 Å². The number of halogens is 2. The van der Waals surface area contributed by atoms with Gasteiger partial charge in [0.1, 0.15) is 5.82 Å². The van der Waals surface area contributed by atoms with Crippen LogP contribution in [0.25, 0.3) is 11.1 Å². The van der Waals surface area contributed by atoms with E-state index in [1.54, 1.807) is 12.1 Å². The second-order valence-corrected chi connectivity index (χ2v) is 4.20. The largest absolute Gasteiger partial charge is 0.396 e. The summed E-state index contributed by atoms with van der Waals surface area (Å²) in [6.45, 7) is 0.0479. The Morgan fingerprint density at radius 1 is 1.06 bits per heavy atom. The summed E-state index contributed by atoms with van der Waals surface area (Å²) in [4.78, 5) is 0. The highest BCUT2D eigenvalue weighted by Gasteiger charge is 2.04. The zero-order valence-electron chi connectivity index (χ0n) is 9.16. The van der Waals surface area contributed by atoms with Crippen molar-refractivity contribution in [1.82, 2.24) is 0 Å². The molecule has 0 aliphatic heterocycles. The van der Waals surface area contributed by atoms with Gasteiger partial charge in [0.2, 0.25) is 0 Å². The van der Waals surface area contributed by atoms with E-state index in [4.69, 9.17) is 16.7 Å². The standard InChI is InChI=1S/C14H12ClFO/c15-14-5-4-11(8-12(14)6-7-17)10-2-1-3-13(16)9-10/h1-5,8-9,17H,6-7H2. The van der Waals surface area contributed by atoms with Crippen molar-refractivity contribution in [1.29, 1.82) is 0 Å². The number of hydrogen-bond acceptors (Lipinski definition) is 1. The number of aliphatic hydroxyl groups is 1. The van der Waals surface area contributed by atoms with Crippen molar-refractivity contribution in [2.75, 3.05) is 6.61 Å². The monoisotopic (exact) mass is 250 g/mol. The van der Waals surface area contributed by atoms with E-state index in [1.807, 2.05) is 18.2 Å². The maximum Gasteiger partial charge on any atom is 0.123 e. The van der Waals surface area contributed by atoms with Gasteiger partial charge in [-0.15, -0.1) is 0 Å². The summed E-state index contributed by atoms with van der Waals surface area (Å²) in [6, 6.07) is 11.9. The molecule has 88 valence electrons. The maximum atomic E-state index is 13.1. The fourth-order valence-corrected chi connectivity index (χ4v) is 1.95. The van der Waals surface area contributed by atoms with Gasteiger partial charge in [0.25, 0.3) is 0 Å². The van der Waals surface area contributed by atoms with E-state index < -0.39 is 0 Å². The summed E-state index contributed by atoms with van der Waals surface area (Å²) in [7, 11) is 0. The predicted molar refractivity (Wildman–Crippen MR) is 67.6 cm³/mol. The van der Waals surface area contributed by atoms with E-state index in [0.29, 0.717) is 11.4 Å². The molecule has 0 fully saturated rings. The zero-order valence-corrected chi connectivity index (χ0v) is 9.91. The molecule has 0 radical (unpaired) electrons. The Labute approximate surface area is 104 Å². The van der Waals surface area contributed by atoms with Gasteiger partial charge in [0.15, 0.2) is 0 Å². The van der Waals surface area contributed by atoms with E-state index in [9.17, 15) is 4.39 Å². The molecule has 2 aromatic carbocycles. The van der Waals surface area contributed by atoms with Crippen LogP contribution in [0.3, 0.4) is 0 Å². The molecule has 0 atom stereocenters. The van der Waals surface area contributed by atoms with Crippen LogP contribution >= 0.6 is 11.6 Å². The van der Waals surface area contributed by atoms with Crippen molar-refractivity contribution in [3.8, 4) is 11.1 Å². The highest BCUT2D eigenvalue weighted by atomic mass is 35.5. The Kier molecular flexibility index (Phi) is 3.77. The fraction of sp³-hybridized carbons (Fsp3) is 0.143. The first-order valence-corrected chi connectivity index (χ1v) is 5.74. The van der Waals surface area contributed by atoms with E-state index in [1.165, 1.54) is 12.1 Å². The van der Waals surface area contributed by atoms with Gasteiger partial charge in [-0.3, -0.25) is 0 Å². The molecule has 17 heavy (non-hydrogen) atoms. The zero-order chi connectivity index (χ0) is 12.3. The first-order chi connectivity index (χ1) is 8.20. The lowest BCUT2D eigenvalue weighted by Crippen LogP contribution is -1.92. The molecule has 2 aromatic rings. The first kappa shape index (κ1) is 12.1. The smallest absolute Gasteiger partial charge is 0.123 e. The number of hydrogen-bond donors (Lipinski definition) is 1. The molecule has 1 nitrogen and oxygen atoms in total. The van der Waals surface area contributed by atoms with E-state index in [-0.39, 0.29) is 12.4 Å². The van der Waals surface area contributed by atoms with Crippen LogP contribution in [0.5, 0.6) is 0 Å². The number of aliphatic hydroxyl groups excluding tert-OH is 1. The molecule has 0 spiro atoms. The van der Waals surface area contributed by atoms with Crippen LogP contribution in [0.15, 0.2) is 42.5 Å². The Morgan fingerprint density at radius 3 is 2.53 bits per heavy atom. The molecule has 0 unspecified atom stereocenters. The van der Waals surface area contributed by atoms with Crippen molar-refractivity contribution in [3.05, 3.63) is 58.9 Å². The van der Waals surface area contributed by atoms with Crippen molar-refractivity contribution >= 4 is 11.6 Å². The fourth-order valence-electron chi connectivity index (χ4n) is 1.73. The van der Waals surface area contributed by atoms with Crippen molar-refractivity contribution < 1.29 is 9.50 Å². The van der Waals surface area contributed by atoms with Gasteiger partial charge >= 0.3 is 0 Å². The molecule has 0 saturated heterocycles. The van der Waals surface area contributed by atoms with Gasteiger partial charge in [0.05, 0.1) is 0 Å². The van der Waals surface area contributed by atoms with Crippen molar-refractivity contribution in [2.45, 2.75) is 6.42 Å². The minimum atomic E-state index is -0.263. The van der Waals surface area contributed by atoms with E-state index >= 15 is 0 Å². The van der Waals surface area contributed by atoms with Gasteiger partial charge < -0.3 is 5.11 Å². The summed E-state index contributed by atoms with van der Waals surface area (Å²) < 4.78 is 13.1. The molecule has 0 aliphatic rings. The predicted octanol–water partition coefficient (Wildman–Crippen LogP) is 3.68. The second kappa shape index (κ2) is 5.30. The third-order valence-corrected chi connectivity index (χ3v) is 2.95. The summed E-state index contributed by atoms with van der Waals surface area (Å²) in [5, 5.41) is 9.56. The Morgan fingerprint density at radius 2 is 1.82 bits per heavy atom. The van der Waals surface area contributed by atoms with Crippen molar-refractivity contribution in [2.24, 2.45) is 0 Å². The molecule has 0 bridgehead atoms. The molecular formula is C14H12ClFO. The highest BCUT2D eigenvalue weighted by molar-refractivity contribution is 6.31. The SMILES string of the molecule is OCCc1cc(-c2cccc(F)c2)ccc1Cl. The highest BCUT2D eigenvalue weighted by Crippen LogP contribution is 2.25. The van der Waals surface area contributed by atoms with Crippen LogP contribution in [0.2, 0.25) is 5.02 Å². The van der Waals surface area contributed by atoms with E-state index in [0.717, 1.165) is 16.7 Å². The summed E-state index contributed by atoms with van der Waals surface area (Å²) in [5.41, 5.74) is 2.58. The molecule has 1 N–H and O–H groups in total. The molecule has 0 aromatic heterocycles. The quantitative estimate of drug-likeness (QED) is 0.881. The molecule has 0 heterocycles. The van der Waals surface area contributed by atoms with Crippen molar-refractivity contribution in [3.63, 3.8) is 0 Å². The van der Waals surface area contributed by atoms with Gasteiger partial charge in [0, 0.05) is 11.6 Å². The number of benzene rings is 2. The summed E-state index contributed by atoms with van der Waals surface area (Å²) >= 11 is 6.01. The van der Waals surface area contributed by atoms with Crippen LogP contribution in [0.4, 0.5) is 4.39 Å².